The number of piperazine rings is 1. The second-order valence-corrected chi connectivity index (χ2v) is 7.57. The maximum absolute atomic E-state index is 12.2. The molecule has 28 heavy (non-hydrogen) atoms. The summed E-state index contributed by atoms with van der Waals surface area (Å²) in [6, 6.07) is 18.6. The van der Waals surface area contributed by atoms with Crippen molar-refractivity contribution in [1.82, 2.24) is 4.90 Å². The number of rotatable bonds is 5. The van der Waals surface area contributed by atoms with Gasteiger partial charge in [-0.1, -0.05) is 30.3 Å². The van der Waals surface area contributed by atoms with Crippen molar-refractivity contribution >= 4 is 23.2 Å². The number of hydrogen-bond acceptors (Lipinski definition) is 4. The lowest BCUT2D eigenvalue weighted by molar-refractivity contribution is -0.123. The molecule has 2 aromatic rings. The summed E-state index contributed by atoms with van der Waals surface area (Å²) in [5, 5.41) is 0. The van der Waals surface area contributed by atoms with Crippen LogP contribution in [0.1, 0.15) is 12.0 Å². The molecule has 2 aliphatic heterocycles. The van der Waals surface area contributed by atoms with Crippen molar-refractivity contribution in [3.63, 3.8) is 0 Å². The normalized spacial score (nSPS) is 20.6. The third-order valence-electron chi connectivity index (χ3n) is 5.68. The van der Waals surface area contributed by atoms with Gasteiger partial charge in [0.2, 0.25) is 11.8 Å². The van der Waals surface area contributed by atoms with Crippen molar-refractivity contribution < 1.29 is 9.59 Å². The van der Waals surface area contributed by atoms with Crippen LogP contribution in [0.15, 0.2) is 54.6 Å². The summed E-state index contributed by atoms with van der Waals surface area (Å²) in [6.45, 7) is 5.40. The second-order valence-electron chi connectivity index (χ2n) is 7.57. The van der Waals surface area contributed by atoms with Gasteiger partial charge in [-0.2, -0.15) is 0 Å². The van der Waals surface area contributed by atoms with E-state index in [9.17, 15) is 9.59 Å². The molecule has 0 radical (unpaired) electrons. The fourth-order valence-electron chi connectivity index (χ4n) is 4.00. The fourth-order valence-corrected chi connectivity index (χ4v) is 4.00. The smallest absolute Gasteiger partial charge is 0.227 e. The largest absolute Gasteiger partial charge is 0.369 e. The SMILES string of the molecule is NC(=O)[C@@H]1CC(=O)N(c2ccc(N3CCN(Cc4ccccc4)CC3)cc2)C1. The Kier molecular flexibility index (Phi) is 5.30. The monoisotopic (exact) mass is 378 g/mol. The average Bonchev–Trinajstić information content (AvgIpc) is 3.12. The van der Waals surface area contributed by atoms with E-state index in [1.807, 2.05) is 12.1 Å². The molecule has 2 aromatic carbocycles. The molecule has 6 nitrogen and oxygen atoms in total. The van der Waals surface area contributed by atoms with Crippen LogP contribution in [-0.2, 0) is 16.1 Å². The van der Waals surface area contributed by atoms with Crippen molar-refractivity contribution in [2.45, 2.75) is 13.0 Å². The predicted molar refractivity (Wildman–Crippen MR) is 110 cm³/mol. The topological polar surface area (TPSA) is 69.9 Å². The van der Waals surface area contributed by atoms with E-state index in [2.05, 4.69) is 52.3 Å². The van der Waals surface area contributed by atoms with E-state index in [4.69, 9.17) is 5.73 Å². The minimum absolute atomic E-state index is 0.0360. The summed E-state index contributed by atoms with van der Waals surface area (Å²) in [7, 11) is 0. The van der Waals surface area contributed by atoms with Gasteiger partial charge in [-0.3, -0.25) is 14.5 Å². The van der Waals surface area contributed by atoms with Crippen LogP contribution in [0.2, 0.25) is 0 Å². The summed E-state index contributed by atoms with van der Waals surface area (Å²) in [5.74, 6) is -0.822. The van der Waals surface area contributed by atoms with Gasteiger partial charge in [0.15, 0.2) is 0 Å². The van der Waals surface area contributed by atoms with Crippen molar-refractivity contribution in [2.75, 3.05) is 42.5 Å². The van der Waals surface area contributed by atoms with Crippen molar-refractivity contribution in [2.24, 2.45) is 11.7 Å². The highest BCUT2D eigenvalue weighted by Crippen LogP contribution is 2.27. The molecule has 4 rings (SSSR count). The Labute approximate surface area is 165 Å². The molecule has 0 aliphatic carbocycles. The Bertz CT molecular complexity index is 829. The molecular weight excluding hydrogens is 352 g/mol. The van der Waals surface area contributed by atoms with Crippen LogP contribution >= 0.6 is 0 Å². The number of hydrogen-bond donors (Lipinski definition) is 1. The lowest BCUT2D eigenvalue weighted by Crippen LogP contribution is -2.45. The number of primary amides is 1. The molecule has 2 fully saturated rings. The first-order chi connectivity index (χ1) is 13.6. The van der Waals surface area contributed by atoms with E-state index in [-0.39, 0.29) is 18.2 Å². The van der Waals surface area contributed by atoms with Gasteiger partial charge in [-0.25, -0.2) is 0 Å². The fraction of sp³-hybridized carbons (Fsp3) is 0.364. The molecule has 0 aromatic heterocycles. The third kappa shape index (κ3) is 4.02. The minimum Gasteiger partial charge on any atom is -0.369 e. The van der Waals surface area contributed by atoms with E-state index < -0.39 is 5.91 Å². The number of amides is 2. The van der Waals surface area contributed by atoms with Crippen molar-refractivity contribution in [3.05, 3.63) is 60.2 Å². The highest BCUT2D eigenvalue weighted by atomic mass is 16.2. The first kappa shape index (κ1) is 18.5. The van der Waals surface area contributed by atoms with Gasteiger partial charge in [0.05, 0.1) is 5.92 Å². The minimum atomic E-state index is -0.402. The predicted octanol–water partition coefficient (Wildman–Crippen LogP) is 1.85. The molecule has 0 saturated carbocycles. The summed E-state index contributed by atoms with van der Waals surface area (Å²) in [6.07, 6.45) is 0.209. The quantitative estimate of drug-likeness (QED) is 0.862. The number of anilines is 2. The summed E-state index contributed by atoms with van der Waals surface area (Å²) in [4.78, 5) is 30.0. The van der Waals surface area contributed by atoms with Gasteiger partial charge in [0.25, 0.3) is 0 Å². The number of nitrogens with two attached hydrogens (primary N) is 1. The van der Waals surface area contributed by atoms with Gasteiger partial charge in [-0.15, -0.1) is 0 Å². The zero-order valence-electron chi connectivity index (χ0n) is 16.0. The Morgan fingerprint density at radius 2 is 1.57 bits per heavy atom. The third-order valence-corrected chi connectivity index (χ3v) is 5.68. The maximum atomic E-state index is 12.2. The second kappa shape index (κ2) is 8.02. The molecule has 2 amide bonds. The van der Waals surface area contributed by atoms with Crippen molar-refractivity contribution in [1.29, 1.82) is 0 Å². The van der Waals surface area contributed by atoms with Gasteiger partial charge < -0.3 is 15.5 Å². The molecule has 0 bridgehead atoms. The summed E-state index contributed by atoms with van der Waals surface area (Å²) in [5.41, 5.74) is 8.71. The van der Waals surface area contributed by atoms with Crippen molar-refractivity contribution in [3.8, 4) is 0 Å². The molecule has 2 N–H and O–H groups in total. The van der Waals surface area contributed by atoms with Crippen LogP contribution in [0.25, 0.3) is 0 Å². The van der Waals surface area contributed by atoms with Crippen LogP contribution in [0.5, 0.6) is 0 Å². The van der Waals surface area contributed by atoms with E-state index in [0.717, 1.165) is 38.4 Å². The van der Waals surface area contributed by atoms with Crippen LogP contribution < -0.4 is 15.5 Å². The Hall–Kier alpha value is -2.86. The molecule has 2 heterocycles. The molecule has 0 unspecified atom stereocenters. The lowest BCUT2D eigenvalue weighted by atomic mass is 10.1. The summed E-state index contributed by atoms with van der Waals surface area (Å²) < 4.78 is 0. The van der Waals surface area contributed by atoms with Crippen LogP contribution in [-0.4, -0.2) is 49.4 Å². The molecule has 2 aliphatic rings. The zero-order valence-corrected chi connectivity index (χ0v) is 16.0. The van der Waals surface area contributed by atoms with Gasteiger partial charge in [0.1, 0.15) is 0 Å². The molecular formula is C22H26N4O2. The highest BCUT2D eigenvalue weighted by Gasteiger charge is 2.33. The highest BCUT2D eigenvalue weighted by molar-refractivity contribution is 6.00. The maximum Gasteiger partial charge on any atom is 0.227 e. The Balaban J connectivity index is 1.34. The number of carbonyl (C=O) groups is 2. The molecule has 6 heteroatoms. The van der Waals surface area contributed by atoms with Gasteiger partial charge in [0, 0.05) is 57.1 Å². The Morgan fingerprint density at radius 1 is 0.929 bits per heavy atom. The summed E-state index contributed by atoms with van der Waals surface area (Å²) >= 11 is 0. The molecule has 146 valence electrons. The van der Waals surface area contributed by atoms with Crippen LogP contribution in [0.3, 0.4) is 0 Å². The standard InChI is InChI=1S/C22H26N4O2/c23-22(28)18-14-21(27)26(16-18)20-8-6-19(7-9-20)25-12-10-24(11-13-25)15-17-4-2-1-3-5-17/h1-9,18H,10-16H2,(H2,23,28)/t18-/m1/s1. The van der Waals surface area contributed by atoms with Crippen LogP contribution in [0.4, 0.5) is 11.4 Å². The lowest BCUT2D eigenvalue weighted by Gasteiger charge is -2.36. The van der Waals surface area contributed by atoms with E-state index in [0.29, 0.717) is 6.54 Å². The number of benzene rings is 2. The number of nitrogens with zero attached hydrogens (tertiary/aromatic N) is 3. The zero-order chi connectivity index (χ0) is 19.5. The van der Waals surface area contributed by atoms with E-state index >= 15 is 0 Å². The van der Waals surface area contributed by atoms with E-state index in [1.54, 1.807) is 4.90 Å². The Morgan fingerprint density at radius 3 is 2.18 bits per heavy atom. The number of carbonyl (C=O) groups excluding carboxylic acids is 2. The average molecular weight is 378 g/mol. The van der Waals surface area contributed by atoms with Crippen LogP contribution in [0, 0.1) is 5.92 Å². The first-order valence-electron chi connectivity index (χ1n) is 9.81. The van der Waals surface area contributed by atoms with Gasteiger partial charge in [-0.05, 0) is 29.8 Å². The van der Waals surface area contributed by atoms with Gasteiger partial charge >= 0.3 is 0 Å². The van der Waals surface area contributed by atoms with E-state index in [1.165, 1.54) is 11.3 Å². The first-order valence-corrected chi connectivity index (χ1v) is 9.81. The molecule has 1 atom stereocenters. The molecule has 2 saturated heterocycles. The molecule has 0 spiro atoms.